The van der Waals surface area contributed by atoms with Gasteiger partial charge < -0.3 is 10.1 Å². The van der Waals surface area contributed by atoms with Crippen molar-refractivity contribution in [2.24, 2.45) is 0 Å². The SMILES string of the molecule is COc1ccc(Br)c(C(=O)Nc2ccc(C#N)c(Cl)c2)c1. The van der Waals surface area contributed by atoms with Crippen LogP contribution in [0.2, 0.25) is 5.02 Å². The van der Waals surface area contributed by atoms with Gasteiger partial charge in [-0.1, -0.05) is 11.6 Å². The summed E-state index contributed by atoms with van der Waals surface area (Å²) in [5, 5.41) is 11.8. The van der Waals surface area contributed by atoms with E-state index in [2.05, 4.69) is 21.2 Å². The van der Waals surface area contributed by atoms with E-state index in [1.807, 2.05) is 6.07 Å². The van der Waals surface area contributed by atoms with Gasteiger partial charge in [-0.05, 0) is 52.3 Å². The third kappa shape index (κ3) is 3.54. The monoisotopic (exact) mass is 364 g/mol. The van der Waals surface area contributed by atoms with E-state index < -0.39 is 0 Å². The third-order valence-electron chi connectivity index (χ3n) is 2.77. The second-order valence-corrected chi connectivity index (χ2v) is 5.37. The predicted octanol–water partition coefficient (Wildman–Crippen LogP) is 4.24. The Hall–Kier alpha value is -2.03. The number of nitrogens with one attached hydrogen (secondary N) is 1. The van der Waals surface area contributed by atoms with Crippen LogP contribution in [0.5, 0.6) is 5.75 Å². The minimum absolute atomic E-state index is 0.292. The van der Waals surface area contributed by atoms with Crippen molar-refractivity contribution >= 4 is 39.1 Å². The van der Waals surface area contributed by atoms with Gasteiger partial charge in [0, 0.05) is 10.2 Å². The van der Waals surface area contributed by atoms with E-state index >= 15 is 0 Å². The molecule has 4 nitrogen and oxygen atoms in total. The number of nitriles is 1. The molecular weight excluding hydrogens is 356 g/mol. The Bertz CT molecular complexity index is 741. The molecule has 0 unspecified atom stereocenters. The number of rotatable bonds is 3. The smallest absolute Gasteiger partial charge is 0.256 e. The van der Waals surface area contributed by atoms with Crippen LogP contribution in [0.25, 0.3) is 0 Å². The summed E-state index contributed by atoms with van der Waals surface area (Å²) < 4.78 is 5.75. The Morgan fingerprint density at radius 1 is 1.33 bits per heavy atom. The summed E-state index contributed by atoms with van der Waals surface area (Å²) in [6, 6.07) is 11.8. The molecule has 0 radical (unpaired) electrons. The lowest BCUT2D eigenvalue weighted by molar-refractivity contribution is 0.102. The van der Waals surface area contributed by atoms with Gasteiger partial charge in [0.25, 0.3) is 5.91 Å². The zero-order valence-corrected chi connectivity index (χ0v) is 13.3. The van der Waals surface area contributed by atoms with Gasteiger partial charge in [0.1, 0.15) is 11.8 Å². The molecule has 0 aliphatic heterocycles. The number of ether oxygens (including phenoxy) is 1. The van der Waals surface area contributed by atoms with E-state index in [0.29, 0.717) is 32.1 Å². The first-order valence-electron chi connectivity index (χ1n) is 5.89. The summed E-state index contributed by atoms with van der Waals surface area (Å²) >= 11 is 9.26. The number of hydrogen-bond acceptors (Lipinski definition) is 3. The van der Waals surface area contributed by atoms with Crippen LogP contribution >= 0.6 is 27.5 Å². The zero-order valence-electron chi connectivity index (χ0n) is 11.0. The van der Waals surface area contributed by atoms with Crippen molar-refractivity contribution in [2.75, 3.05) is 12.4 Å². The summed E-state index contributed by atoms with van der Waals surface area (Å²) in [4.78, 5) is 12.3. The lowest BCUT2D eigenvalue weighted by Crippen LogP contribution is -2.12. The van der Waals surface area contributed by atoms with Gasteiger partial charge in [0.05, 0.1) is 23.3 Å². The predicted molar refractivity (Wildman–Crippen MR) is 84.8 cm³/mol. The van der Waals surface area contributed by atoms with Gasteiger partial charge in [0.2, 0.25) is 0 Å². The van der Waals surface area contributed by atoms with E-state index in [0.717, 1.165) is 0 Å². The number of hydrogen-bond donors (Lipinski definition) is 1. The highest BCUT2D eigenvalue weighted by Gasteiger charge is 2.12. The van der Waals surface area contributed by atoms with E-state index in [4.69, 9.17) is 21.6 Å². The van der Waals surface area contributed by atoms with Crippen LogP contribution < -0.4 is 10.1 Å². The number of carbonyl (C=O) groups is 1. The minimum atomic E-state index is -0.304. The standard InChI is InChI=1S/C15H10BrClN2O2/c1-21-11-4-5-13(16)12(7-11)15(20)19-10-3-2-9(8-18)14(17)6-10/h2-7H,1H3,(H,19,20). The number of halogens is 2. The maximum Gasteiger partial charge on any atom is 0.256 e. The molecule has 0 saturated heterocycles. The number of methoxy groups -OCH3 is 1. The molecule has 0 bridgehead atoms. The molecule has 0 aliphatic rings. The largest absolute Gasteiger partial charge is 0.497 e. The molecule has 0 aromatic heterocycles. The lowest BCUT2D eigenvalue weighted by Gasteiger charge is -2.09. The van der Waals surface area contributed by atoms with Crippen molar-refractivity contribution in [1.29, 1.82) is 5.26 Å². The first-order valence-corrected chi connectivity index (χ1v) is 7.07. The van der Waals surface area contributed by atoms with Gasteiger partial charge in [-0.15, -0.1) is 0 Å². The molecule has 1 N–H and O–H groups in total. The molecule has 0 saturated carbocycles. The summed E-state index contributed by atoms with van der Waals surface area (Å²) in [6.07, 6.45) is 0. The topological polar surface area (TPSA) is 62.1 Å². The van der Waals surface area contributed by atoms with Crippen LogP contribution in [0.15, 0.2) is 40.9 Å². The van der Waals surface area contributed by atoms with Crippen molar-refractivity contribution in [1.82, 2.24) is 0 Å². The fourth-order valence-electron chi connectivity index (χ4n) is 1.69. The van der Waals surface area contributed by atoms with Crippen LogP contribution in [-0.4, -0.2) is 13.0 Å². The summed E-state index contributed by atoms with van der Waals surface area (Å²) in [5.74, 6) is 0.280. The highest BCUT2D eigenvalue weighted by Crippen LogP contribution is 2.25. The molecule has 0 heterocycles. The van der Waals surface area contributed by atoms with Gasteiger partial charge in [-0.25, -0.2) is 0 Å². The molecule has 21 heavy (non-hydrogen) atoms. The fourth-order valence-corrected chi connectivity index (χ4v) is 2.34. The number of amides is 1. The van der Waals surface area contributed by atoms with E-state index in [-0.39, 0.29) is 5.91 Å². The van der Waals surface area contributed by atoms with Crippen molar-refractivity contribution < 1.29 is 9.53 Å². The molecule has 6 heteroatoms. The molecular formula is C15H10BrClN2O2. The van der Waals surface area contributed by atoms with Crippen LogP contribution in [0.3, 0.4) is 0 Å². The van der Waals surface area contributed by atoms with E-state index in [9.17, 15) is 4.79 Å². The maximum absolute atomic E-state index is 12.3. The second-order valence-electron chi connectivity index (χ2n) is 4.11. The zero-order chi connectivity index (χ0) is 15.4. The Labute approximate surface area is 135 Å². The average Bonchev–Trinajstić information content (AvgIpc) is 2.48. The van der Waals surface area contributed by atoms with Crippen molar-refractivity contribution in [2.45, 2.75) is 0 Å². The second kappa shape index (κ2) is 6.61. The van der Waals surface area contributed by atoms with Gasteiger partial charge >= 0.3 is 0 Å². The minimum Gasteiger partial charge on any atom is -0.497 e. The van der Waals surface area contributed by atoms with Crippen LogP contribution in [0, 0.1) is 11.3 Å². The highest BCUT2D eigenvalue weighted by molar-refractivity contribution is 9.10. The fraction of sp³-hybridized carbons (Fsp3) is 0.0667. The molecule has 2 aromatic rings. The first kappa shape index (κ1) is 15.4. The Kier molecular flexibility index (Phi) is 4.84. The number of benzene rings is 2. The van der Waals surface area contributed by atoms with Crippen LogP contribution in [0.4, 0.5) is 5.69 Å². The van der Waals surface area contributed by atoms with Gasteiger partial charge in [-0.2, -0.15) is 5.26 Å². The van der Waals surface area contributed by atoms with Crippen molar-refractivity contribution in [3.05, 3.63) is 57.0 Å². The molecule has 106 valence electrons. The first-order chi connectivity index (χ1) is 10.0. The summed E-state index contributed by atoms with van der Waals surface area (Å²) in [7, 11) is 1.53. The van der Waals surface area contributed by atoms with E-state index in [1.165, 1.54) is 13.2 Å². The van der Waals surface area contributed by atoms with Crippen LogP contribution in [0.1, 0.15) is 15.9 Å². The van der Waals surface area contributed by atoms with E-state index in [1.54, 1.807) is 30.3 Å². The average molecular weight is 366 g/mol. The quantitative estimate of drug-likeness (QED) is 0.885. The number of carbonyl (C=O) groups excluding carboxylic acids is 1. The highest BCUT2D eigenvalue weighted by atomic mass is 79.9. The summed E-state index contributed by atoms with van der Waals surface area (Å²) in [6.45, 7) is 0. The van der Waals surface area contributed by atoms with Crippen LogP contribution in [-0.2, 0) is 0 Å². The molecule has 0 aliphatic carbocycles. The third-order valence-corrected chi connectivity index (χ3v) is 3.77. The van der Waals surface area contributed by atoms with Gasteiger partial charge in [0.15, 0.2) is 0 Å². The molecule has 2 aromatic carbocycles. The Balaban J connectivity index is 2.26. The number of anilines is 1. The van der Waals surface area contributed by atoms with Crippen molar-refractivity contribution in [3.63, 3.8) is 0 Å². The molecule has 2 rings (SSSR count). The molecule has 0 spiro atoms. The molecule has 0 atom stereocenters. The maximum atomic E-state index is 12.3. The Morgan fingerprint density at radius 3 is 2.71 bits per heavy atom. The van der Waals surface area contributed by atoms with Gasteiger partial charge in [-0.3, -0.25) is 4.79 Å². The molecule has 0 fully saturated rings. The normalized spacial score (nSPS) is 9.81. The molecule has 1 amide bonds. The summed E-state index contributed by atoms with van der Waals surface area (Å²) in [5.41, 5.74) is 1.31. The number of nitrogens with zero attached hydrogens (tertiary/aromatic N) is 1. The van der Waals surface area contributed by atoms with Crippen molar-refractivity contribution in [3.8, 4) is 11.8 Å². The Morgan fingerprint density at radius 2 is 2.10 bits per heavy atom. The lowest BCUT2D eigenvalue weighted by atomic mass is 10.2.